The van der Waals surface area contributed by atoms with Gasteiger partial charge >= 0.3 is 6.03 Å². The fraction of sp³-hybridized carbons (Fsp3) is 0.789. The largest absolute Gasteiger partial charge is 0.375 e. The van der Waals surface area contributed by atoms with E-state index in [1.165, 1.54) is 11.8 Å². The lowest BCUT2D eigenvalue weighted by Gasteiger charge is -2.29. The average molecular weight is 838 g/mol. The van der Waals surface area contributed by atoms with Gasteiger partial charge in [0.1, 0.15) is 18.1 Å². The van der Waals surface area contributed by atoms with Crippen molar-refractivity contribution >= 4 is 59.2 Å². The summed E-state index contributed by atoms with van der Waals surface area (Å²) in [5.74, 6) is -2.06. The summed E-state index contributed by atoms with van der Waals surface area (Å²) >= 11 is 1.86. The standard InChI is InChI=1S/C38H67N11O8S/c1-22(39)33(54)49-19-10-12-26(49)32(53)44-23(2)30(51)45-24(11-9-17-43-35(40)41)31(52)48-34(55)37(3,4)16-20-57-38(5,6)15-18-42-28(50)14-8-7-13-27-29-25(21-58-27)46-36(56)47-29/h22-27,29H,7-21,39H2,1-6H3,(H,42,50)(H,44,53)(H,45,51)(H4,40,41,43)(H2,46,47,56)(H,48,52,55)/t22-,23-,24-,25-,26-,27-,29-/m0/s1. The molecular weight excluding hydrogens is 771 g/mol. The molecule has 0 radical (unpaired) electrons. The van der Waals surface area contributed by atoms with E-state index in [0.29, 0.717) is 50.4 Å². The van der Waals surface area contributed by atoms with Crippen LogP contribution >= 0.6 is 11.8 Å². The molecule has 0 aromatic rings. The number of urea groups is 1. The summed E-state index contributed by atoms with van der Waals surface area (Å²) in [6.07, 6.45) is 5.30. The SMILES string of the molecule is C[C@H](N)C(=O)N1CCC[C@H]1C(=O)N[C@@H](C)C(=O)N[C@@H](CCCN=C(N)N)C(=O)NC(=O)C(C)(C)CCOC(C)(C)CCNC(=O)CCCC[C@@H]1SC[C@@H]2NC(=O)N[C@@H]21. The maximum atomic E-state index is 13.4. The summed E-state index contributed by atoms with van der Waals surface area (Å²) in [5.41, 5.74) is 15.0. The number of rotatable bonds is 23. The van der Waals surface area contributed by atoms with Crippen molar-refractivity contribution < 1.29 is 38.3 Å². The number of unbranched alkanes of at least 4 members (excludes halogenated alkanes) is 1. The molecule has 0 saturated carbocycles. The first-order valence-electron chi connectivity index (χ1n) is 20.4. The van der Waals surface area contributed by atoms with E-state index in [2.05, 4.69) is 36.9 Å². The van der Waals surface area contributed by atoms with Gasteiger partial charge in [0.25, 0.3) is 0 Å². The van der Waals surface area contributed by atoms with Gasteiger partial charge in [0.2, 0.25) is 35.4 Å². The number of hydrogen-bond acceptors (Lipinski definition) is 11. The van der Waals surface area contributed by atoms with Gasteiger partial charge in [0.05, 0.1) is 23.7 Å². The minimum absolute atomic E-state index is 0.0258. The fourth-order valence-corrected chi connectivity index (χ4v) is 8.55. The van der Waals surface area contributed by atoms with Crippen LogP contribution in [0.1, 0.15) is 106 Å². The number of guanidine groups is 1. The van der Waals surface area contributed by atoms with Crippen LogP contribution in [0.4, 0.5) is 4.79 Å². The molecule has 3 saturated heterocycles. The van der Waals surface area contributed by atoms with Gasteiger partial charge in [0.15, 0.2) is 5.96 Å². The third-order valence-electron chi connectivity index (χ3n) is 10.8. The van der Waals surface area contributed by atoms with Crippen LogP contribution in [0, 0.1) is 5.41 Å². The highest BCUT2D eigenvalue weighted by molar-refractivity contribution is 8.00. The summed E-state index contributed by atoms with van der Waals surface area (Å²) < 4.78 is 6.10. The number of aliphatic imine (C=N–C) groups is 1. The Labute approximate surface area is 346 Å². The Bertz CT molecular complexity index is 1510. The first kappa shape index (κ1) is 48.2. The predicted octanol–water partition coefficient (Wildman–Crippen LogP) is -0.546. The number of amides is 8. The quantitative estimate of drug-likeness (QED) is 0.0271. The molecule has 3 aliphatic rings. The van der Waals surface area contributed by atoms with E-state index < -0.39 is 58.8 Å². The monoisotopic (exact) mass is 837 g/mol. The van der Waals surface area contributed by atoms with Crippen molar-refractivity contribution in [2.45, 2.75) is 153 Å². The molecule has 0 aromatic heterocycles. The molecule has 0 spiro atoms. The minimum Gasteiger partial charge on any atom is -0.375 e. The van der Waals surface area contributed by atoms with Crippen LogP contribution in [-0.2, 0) is 33.5 Å². The number of fused-ring (bicyclic) bond motifs is 1. The molecule has 58 heavy (non-hydrogen) atoms. The molecule has 0 bridgehead atoms. The summed E-state index contributed by atoms with van der Waals surface area (Å²) in [6.45, 7) is 11.4. The Morgan fingerprint density at radius 1 is 1.00 bits per heavy atom. The maximum Gasteiger partial charge on any atom is 0.315 e. The number of ether oxygens (including phenoxy) is 1. The number of carbonyl (C=O) groups excluding carboxylic acids is 7. The van der Waals surface area contributed by atoms with E-state index in [4.69, 9.17) is 21.9 Å². The molecule has 3 aliphatic heterocycles. The van der Waals surface area contributed by atoms with Crippen LogP contribution in [0.15, 0.2) is 4.99 Å². The van der Waals surface area contributed by atoms with Crippen LogP contribution in [0.5, 0.6) is 0 Å². The number of carbonyl (C=O) groups is 7. The van der Waals surface area contributed by atoms with Crippen LogP contribution < -0.4 is 49.1 Å². The predicted molar refractivity (Wildman–Crippen MR) is 221 cm³/mol. The number of thioether (sulfide) groups is 1. The summed E-state index contributed by atoms with van der Waals surface area (Å²) in [5, 5.41) is 17.0. The van der Waals surface area contributed by atoms with Crippen molar-refractivity contribution in [1.82, 2.24) is 36.8 Å². The average Bonchev–Trinajstić information content (AvgIpc) is 3.87. The molecule has 0 aliphatic carbocycles. The van der Waals surface area contributed by atoms with Gasteiger partial charge in [-0.2, -0.15) is 11.8 Å². The smallest absolute Gasteiger partial charge is 0.315 e. The van der Waals surface area contributed by atoms with Crippen molar-refractivity contribution in [3.05, 3.63) is 0 Å². The van der Waals surface area contributed by atoms with E-state index in [9.17, 15) is 33.6 Å². The Kier molecular flexibility index (Phi) is 18.5. The highest BCUT2D eigenvalue weighted by Crippen LogP contribution is 2.33. The zero-order chi connectivity index (χ0) is 43.2. The number of hydrogen-bond donors (Lipinski definition) is 9. The fourth-order valence-electron chi connectivity index (χ4n) is 7.01. The molecule has 12 N–H and O–H groups in total. The third-order valence-corrected chi connectivity index (χ3v) is 12.3. The van der Waals surface area contributed by atoms with Gasteiger partial charge in [-0.15, -0.1) is 0 Å². The highest BCUT2D eigenvalue weighted by atomic mass is 32.2. The Hall–Kier alpha value is -4.17. The second-order valence-corrected chi connectivity index (χ2v) is 18.0. The van der Waals surface area contributed by atoms with Crippen LogP contribution in [-0.4, -0.2) is 131 Å². The van der Waals surface area contributed by atoms with Gasteiger partial charge in [-0.3, -0.25) is 39.1 Å². The summed E-state index contributed by atoms with van der Waals surface area (Å²) in [4.78, 5) is 95.0. The molecule has 0 unspecified atom stereocenters. The van der Waals surface area contributed by atoms with Crippen molar-refractivity contribution in [3.8, 4) is 0 Å². The van der Waals surface area contributed by atoms with E-state index in [-0.39, 0.29) is 61.9 Å². The number of likely N-dealkylation sites (tertiary alicyclic amines) is 1. The molecule has 328 valence electrons. The molecule has 7 atom stereocenters. The lowest BCUT2D eigenvalue weighted by molar-refractivity contribution is -0.141. The van der Waals surface area contributed by atoms with Crippen molar-refractivity contribution in [3.63, 3.8) is 0 Å². The second kappa shape index (κ2) is 22.3. The minimum atomic E-state index is -1.15. The summed E-state index contributed by atoms with van der Waals surface area (Å²) in [7, 11) is 0. The van der Waals surface area contributed by atoms with Crippen LogP contribution in [0.2, 0.25) is 0 Å². The van der Waals surface area contributed by atoms with Gasteiger partial charge in [-0.05, 0) is 79.1 Å². The van der Waals surface area contributed by atoms with Crippen LogP contribution in [0.3, 0.4) is 0 Å². The Balaban J connectivity index is 1.42. The molecular formula is C38H67N11O8S. The van der Waals surface area contributed by atoms with Crippen molar-refractivity contribution in [2.24, 2.45) is 27.6 Å². The molecule has 3 heterocycles. The molecule has 20 heteroatoms. The summed E-state index contributed by atoms with van der Waals surface area (Å²) in [6, 6.07) is -3.50. The number of nitrogens with one attached hydrogen (secondary N) is 6. The van der Waals surface area contributed by atoms with Crippen molar-refractivity contribution in [1.29, 1.82) is 0 Å². The molecule has 19 nitrogen and oxygen atoms in total. The highest BCUT2D eigenvalue weighted by Gasteiger charge is 2.42. The van der Waals surface area contributed by atoms with E-state index in [1.807, 2.05) is 25.6 Å². The van der Waals surface area contributed by atoms with E-state index in [1.54, 1.807) is 20.8 Å². The Morgan fingerprint density at radius 3 is 2.41 bits per heavy atom. The number of nitrogens with zero attached hydrogens (tertiary/aromatic N) is 2. The van der Waals surface area contributed by atoms with E-state index >= 15 is 0 Å². The van der Waals surface area contributed by atoms with E-state index in [0.717, 1.165) is 25.0 Å². The normalized spacial score (nSPS) is 21.8. The molecule has 3 rings (SSSR count). The van der Waals surface area contributed by atoms with Gasteiger partial charge < -0.3 is 53.4 Å². The topological polar surface area (TPSA) is 295 Å². The maximum absolute atomic E-state index is 13.4. The number of imide groups is 1. The second-order valence-electron chi connectivity index (χ2n) is 16.7. The Morgan fingerprint density at radius 2 is 1.72 bits per heavy atom. The van der Waals surface area contributed by atoms with Gasteiger partial charge in [-0.1, -0.05) is 20.3 Å². The lowest BCUT2D eigenvalue weighted by Crippen LogP contribution is -2.57. The lowest BCUT2D eigenvalue weighted by atomic mass is 9.88. The molecule has 0 aromatic carbocycles. The first-order valence-corrected chi connectivity index (χ1v) is 21.4. The third kappa shape index (κ3) is 15.2. The number of nitrogens with two attached hydrogens (primary N) is 3. The zero-order valence-electron chi connectivity index (χ0n) is 34.9. The van der Waals surface area contributed by atoms with Crippen LogP contribution in [0.25, 0.3) is 0 Å². The van der Waals surface area contributed by atoms with Crippen molar-refractivity contribution in [2.75, 3.05) is 32.0 Å². The molecule has 8 amide bonds. The van der Waals surface area contributed by atoms with Gasteiger partial charge in [-0.25, -0.2) is 4.79 Å². The first-order chi connectivity index (χ1) is 27.2. The zero-order valence-corrected chi connectivity index (χ0v) is 35.8. The molecule has 3 fully saturated rings. The van der Waals surface area contributed by atoms with Gasteiger partial charge in [0, 0.05) is 49.1 Å².